The van der Waals surface area contributed by atoms with E-state index in [4.69, 9.17) is 5.11 Å². The molecule has 0 radical (unpaired) electrons. The topological polar surface area (TPSA) is 37.3 Å². The molecule has 0 unspecified atom stereocenters. The lowest BCUT2D eigenvalue weighted by molar-refractivity contribution is -0.135. The van der Waals surface area contributed by atoms with Gasteiger partial charge >= 0.3 is 5.97 Å². The van der Waals surface area contributed by atoms with Crippen LogP contribution in [0.25, 0.3) is 6.08 Å². The highest BCUT2D eigenvalue weighted by Crippen LogP contribution is 2.05. The molecule has 0 spiro atoms. The molecule has 0 atom stereocenters. The van der Waals surface area contributed by atoms with Crippen molar-refractivity contribution in [3.05, 3.63) is 41.5 Å². The van der Waals surface area contributed by atoms with E-state index >= 15 is 0 Å². The number of hydrogen-bond donors (Lipinski definition) is 1. The van der Waals surface area contributed by atoms with Gasteiger partial charge in [-0.15, -0.1) is 0 Å². The van der Waals surface area contributed by atoms with Crippen LogP contribution >= 0.6 is 0 Å². The van der Waals surface area contributed by atoms with Crippen molar-refractivity contribution in [3.63, 3.8) is 0 Å². The van der Waals surface area contributed by atoms with Crippen LogP contribution in [-0.2, 0) is 4.79 Å². The predicted octanol–water partition coefficient (Wildman–Crippen LogP) is 2.48. The maximum absolute atomic E-state index is 10.2. The maximum atomic E-state index is 10.2. The molecule has 0 aromatic heterocycles. The monoisotopic (exact) mass is 176 g/mol. The zero-order chi connectivity index (χ0) is 9.68. The molecule has 0 amide bonds. The van der Waals surface area contributed by atoms with Crippen molar-refractivity contribution in [1.82, 2.24) is 0 Å². The van der Waals surface area contributed by atoms with Crippen LogP contribution in [0.1, 0.15) is 17.5 Å². The summed E-state index contributed by atoms with van der Waals surface area (Å²) < 4.78 is 0. The van der Waals surface area contributed by atoms with Crippen molar-refractivity contribution in [2.24, 2.45) is 0 Å². The van der Waals surface area contributed by atoms with Gasteiger partial charge in [0.15, 0.2) is 0 Å². The van der Waals surface area contributed by atoms with Crippen molar-refractivity contribution >= 4 is 12.0 Å². The Bertz CT molecular complexity index is 309. The third kappa shape index (κ3) is 3.56. The first-order valence-electron chi connectivity index (χ1n) is 4.13. The number of hydrogen-bond acceptors (Lipinski definition) is 1. The average Bonchev–Trinajstić information content (AvgIpc) is 2.08. The van der Waals surface area contributed by atoms with Crippen LogP contribution in [0.4, 0.5) is 0 Å². The fourth-order valence-corrected chi connectivity index (χ4v) is 0.973. The highest BCUT2D eigenvalue weighted by Gasteiger charge is 1.90. The van der Waals surface area contributed by atoms with Gasteiger partial charge in [0.1, 0.15) is 0 Å². The third-order valence-electron chi connectivity index (χ3n) is 1.68. The standard InChI is InChI=1S/C11H12O2/c1-9-5-7-10(8-6-9)3-2-4-11(12)13/h2-3,5-8H,4H2,1H3,(H,12,13)/b3-2+. The zero-order valence-electron chi connectivity index (χ0n) is 7.53. The molecular weight excluding hydrogens is 164 g/mol. The summed E-state index contributed by atoms with van der Waals surface area (Å²) >= 11 is 0. The van der Waals surface area contributed by atoms with E-state index in [2.05, 4.69) is 0 Å². The van der Waals surface area contributed by atoms with Crippen molar-refractivity contribution in [2.75, 3.05) is 0 Å². The second kappa shape index (κ2) is 4.45. The molecule has 0 fully saturated rings. The van der Waals surface area contributed by atoms with Crippen molar-refractivity contribution in [3.8, 4) is 0 Å². The SMILES string of the molecule is Cc1ccc(/C=C/CC(=O)O)cc1. The minimum absolute atomic E-state index is 0.0773. The molecule has 13 heavy (non-hydrogen) atoms. The molecule has 0 saturated carbocycles. The normalized spacial score (nSPS) is 10.5. The van der Waals surface area contributed by atoms with Gasteiger partial charge in [0.05, 0.1) is 6.42 Å². The summed E-state index contributed by atoms with van der Waals surface area (Å²) in [5, 5.41) is 8.38. The van der Waals surface area contributed by atoms with E-state index in [0.29, 0.717) is 0 Å². The maximum Gasteiger partial charge on any atom is 0.307 e. The minimum Gasteiger partial charge on any atom is -0.481 e. The number of benzene rings is 1. The van der Waals surface area contributed by atoms with Crippen LogP contribution in [0.2, 0.25) is 0 Å². The Balaban J connectivity index is 2.59. The molecule has 0 heterocycles. The molecule has 0 aliphatic rings. The summed E-state index contributed by atoms with van der Waals surface area (Å²) in [7, 11) is 0. The first-order chi connectivity index (χ1) is 6.18. The van der Waals surface area contributed by atoms with Crippen LogP contribution in [0, 0.1) is 6.92 Å². The number of rotatable bonds is 3. The molecule has 0 bridgehead atoms. The summed E-state index contributed by atoms with van der Waals surface area (Å²) in [6, 6.07) is 7.93. The lowest BCUT2D eigenvalue weighted by Gasteiger charge is -1.93. The summed E-state index contributed by atoms with van der Waals surface area (Å²) in [5.74, 6) is -0.802. The van der Waals surface area contributed by atoms with Gasteiger partial charge in [-0.25, -0.2) is 0 Å². The van der Waals surface area contributed by atoms with Gasteiger partial charge in [-0.2, -0.15) is 0 Å². The van der Waals surface area contributed by atoms with Crippen LogP contribution in [-0.4, -0.2) is 11.1 Å². The number of carboxylic acids is 1. The van der Waals surface area contributed by atoms with Gasteiger partial charge in [0.25, 0.3) is 0 Å². The molecule has 0 aliphatic carbocycles. The minimum atomic E-state index is -0.802. The van der Waals surface area contributed by atoms with Crippen LogP contribution in [0.15, 0.2) is 30.3 Å². The summed E-state index contributed by atoms with van der Waals surface area (Å²) in [6.07, 6.45) is 3.54. The number of carboxylic acid groups (broad SMARTS) is 1. The van der Waals surface area contributed by atoms with Gasteiger partial charge in [-0.3, -0.25) is 4.79 Å². The van der Waals surface area contributed by atoms with Crippen LogP contribution in [0.5, 0.6) is 0 Å². The molecular formula is C11H12O2. The van der Waals surface area contributed by atoms with E-state index < -0.39 is 5.97 Å². The third-order valence-corrected chi connectivity index (χ3v) is 1.68. The zero-order valence-corrected chi connectivity index (χ0v) is 7.53. The first kappa shape index (κ1) is 9.52. The quantitative estimate of drug-likeness (QED) is 0.768. The lowest BCUT2D eigenvalue weighted by Crippen LogP contribution is -1.89. The lowest BCUT2D eigenvalue weighted by atomic mass is 10.1. The highest BCUT2D eigenvalue weighted by atomic mass is 16.4. The van der Waals surface area contributed by atoms with E-state index in [1.54, 1.807) is 6.08 Å². The predicted molar refractivity (Wildman–Crippen MR) is 52.5 cm³/mol. The molecule has 1 rings (SSSR count). The van der Waals surface area contributed by atoms with Gasteiger partial charge in [-0.05, 0) is 12.5 Å². The average molecular weight is 176 g/mol. The van der Waals surface area contributed by atoms with Crippen molar-refractivity contribution in [1.29, 1.82) is 0 Å². The Morgan fingerprint density at radius 2 is 2.00 bits per heavy atom. The van der Waals surface area contributed by atoms with Crippen LogP contribution in [0.3, 0.4) is 0 Å². The fourth-order valence-electron chi connectivity index (χ4n) is 0.973. The molecule has 1 aromatic rings. The van der Waals surface area contributed by atoms with Crippen LogP contribution < -0.4 is 0 Å². The Kier molecular flexibility index (Phi) is 3.26. The Hall–Kier alpha value is -1.57. The van der Waals surface area contributed by atoms with Gasteiger partial charge in [0, 0.05) is 0 Å². The molecule has 2 heteroatoms. The smallest absolute Gasteiger partial charge is 0.307 e. The highest BCUT2D eigenvalue weighted by molar-refractivity contribution is 5.70. The summed E-state index contributed by atoms with van der Waals surface area (Å²) in [5.41, 5.74) is 2.24. The second-order valence-corrected chi connectivity index (χ2v) is 2.91. The van der Waals surface area contributed by atoms with E-state index in [0.717, 1.165) is 5.56 Å². The Morgan fingerprint density at radius 3 is 2.54 bits per heavy atom. The van der Waals surface area contributed by atoms with Crippen molar-refractivity contribution < 1.29 is 9.90 Å². The summed E-state index contributed by atoms with van der Waals surface area (Å²) in [4.78, 5) is 10.2. The first-order valence-corrected chi connectivity index (χ1v) is 4.13. The second-order valence-electron chi connectivity index (χ2n) is 2.91. The molecule has 0 aliphatic heterocycles. The van der Waals surface area contributed by atoms with E-state index in [1.165, 1.54) is 5.56 Å². The van der Waals surface area contributed by atoms with E-state index in [1.807, 2.05) is 37.3 Å². The van der Waals surface area contributed by atoms with Gasteiger partial charge in [-0.1, -0.05) is 42.0 Å². The Morgan fingerprint density at radius 1 is 1.38 bits per heavy atom. The molecule has 68 valence electrons. The number of aryl methyl sites for hydroxylation is 1. The van der Waals surface area contributed by atoms with Gasteiger partial charge in [0.2, 0.25) is 0 Å². The molecule has 0 saturated heterocycles. The molecule has 1 N–H and O–H groups in total. The number of carbonyl (C=O) groups is 1. The molecule has 1 aromatic carbocycles. The van der Waals surface area contributed by atoms with Gasteiger partial charge < -0.3 is 5.11 Å². The van der Waals surface area contributed by atoms with Crippen molar-refractivity contribution in [2.45, 2.75) is 13.3 Å². The fraction of sp³-hybridized carbons (Fsp3) is 0.182. The van der Waals surface area contributed by atoms with E-state index in [-0.39, 0.29) is 6.42 Å². The molecule has 2 nitrogen and oxygen atoms in total. The summed E-state index contributed by atoms with van der Waals surface area (Å²) in [6.45, 7) is 2.02. The number of aliphatic carboxylic acids is 1. The Labute approximate surface area is 77.5 Å². The van der Waals surface area contributed by atoms with E-state index in [9.17, 15) is 4.79 Å². The largest absolute Gasteiger partial charge is 0.481 e.